The van der Waals surface area contributed by atoms with Crippen LogP contribution in [0.3, 0.4) is 0 Å². The summed E-state index contributed by atoms with van der Waals surface area (Å²) in [6.07, 6.45) is 12.4. The molecule has 33 heavy (non-hydrogen) atoms. The number of ether oxygens (including phenoxy) is 2. The van der Waals surface area contributed by atoms with E-state index in [-0.39, 0.29) is 11.7 Å². The Kier molecular flexibility index (Phi) is 10.6. The van der Waals surface area contributed by atoms with E-state index in [0.29, 0.717) is 5.75 Å². The largest absolute Gasteiger partial charge is 0.507 e. The van der Waals surface area contributed by atoms with E-state index < -0.39 is 0 Å². The lowest BCUT2D eigenvalue weighted by molar-refractivity contribution is -0.0820. The minimum Gasteiger partial charge on any atom is -0.507 e. The van der Waals surface area contributed by atoms with E-state index in [4.69, 9.17) is 9.47 Å². The fraction of sp³-hybridized carbons (Fsp3) is 0.800. The van der Waals surface area contributed by atoms with Crippen LogP contribution in [0.25, 0.3) is 0 Å². The minimum atomic E-state index is -0.326. The number of hydrogen-bond donors (Lipinski definition) is 1. The summed E-state index contributed by atoms with van der Waals surface area (Å²) in [4.78, 5) is 0. The van der Waals surface area contributed by atoms with Gasteiger partial charge in [0.25, 0.3) is 0 Å². The Morgan fingerprint density at radius 1 is 0.879 bits per heavy atom. The molecule has 1 aromatic rings. The standard InChI is InChI=1S/C30H52O3/c1-20(2)13-10-14-21(3)15-11-16-22(4)17-12-18-30(8)27(32-9)19-26-25(7)28(31)23(5)24(6)29(26)33-30/h20-22,27,31H,10-19H2,1-9H3/t21-,22+,27?,30-/m0/s1. The molecular weight excluding hydrogens is 408 g/mol. The molecule has 1 aliphatic rings. The van der Waals surface area contributed by atoms with E-state index in [1.807, 2.05) is 13.8 Å². The van der Waals surface area contributed by atoms with Gasteiger partial charge in [0.1, 0.15) is 23.2 Å². The molecule has 3 heteroatoms. The number of methoxy groups -OCH3 is 1. The highest BCUT2D eigenvalue weighted by molar-refractivity contribution is 5.58. The first-order valence-corrected chi connectivity index (χ1v) is 13.5. The van der Waals surface area contributed by atoms with E-state index in [2.05, 4.69) is 41.5 Å². The van der Waals surface area contributed by atoms with Crippen molar-refractivity contribution in [3.05, 3.63) is 22.3 Å². The molecule has 0 radical (unpaired) electrons. The minimum absolute atomic E-state index is 0.00667. The molecule has 1 aliphatic heterocycles. The van der Waals surface area contributed by atoms with E-state index >= 15 is 0 Å². The van der Waals surface area contributed by atoms with Gasteiger partial charge in [0.2, 0.25) is 0 Å². The summed E-state index contributed by atoms with van der Waals surface area (Å²) in [6.45, 7) is 17.7. The monoisotopic (exact) mass is 460 g/mol. The Morgan fingerprint density at radius 2 is 1.42 bits per heavy atom. The predicted octanol–water partition coefficient (Wildman–Crippen LogP) is 8.47. The maximum absolute atomic E-state index is 10.5. The molecule has 0 fully saturated rings. The van der Waals surface area contributed by atoms with Gasteiger partial charge in [-0.05, 0) is 75.0 Å². The Hall–Kier alpha value is -1.22. The van der Waals surface area contributed by atoms with Gasteiger partial charge in [0.05, 0.1) is 0 Å². The molecule has 0 spiro atoms. The van der Waals surface area contributed by atoms with Gasteiger partial charge in [0, 0.05) is 19.1 Å². The van der Waals surface area contributed by atoms with Crippen molar-refractivity contribution in [2.24, 2.45) is 17.8 Å². The van der Waals surface area contributed by atoms with Crippen LogP contribution in [0.15, 0.2) is 0 Å². The number of phenolic OH excluding ortho intramolecular Hbond substituents is 1. The number of phenols is 1. The normalized spacial score (nSPS) is 22.2. The lowest BCUT2D eigenvalue weighted by Gasteiger charge is -2.43. The second kappa shape index (κ2) is 12.5. The van der Waals surface area contributed by atoms with E-state index in [1.54, 1.807) is 7.11 Å². The number of rotatable bonds is 13. The summed E-state index contributed by atoms with van der Waals surface area (Å²) >= 11 is 0. The van der Waals surface area contributed by atoms with Crippen molar-refractivity contribution in [3.8, 4) is 11.5 Å². The summed E-state index contributed by atoms with van der Waals surface area (Å²) in [7, 11) is 1.79. The number of aromatic hydroxyl groups is 1. The highest BCUT2D eigenvalue weighted by atomic mass is 16.5. The third-order valence-corrected chi connectivity index (χ3v) is 8.27. The fourth-order valence-corrected chi connectivity index (χ4v) is 5.58. The van der Waals surface area contributed by atoms with Gasteiger partial charge < -0.3 is 14.6 Å². The summed E-state index contributed by atoms with van der Waals surface area (Å²) in [5, 5.41) is 10.5. The summed E-state index contributed by atoms with van der Waals surface area (Å²) < 4.78 is 12.6. The van der Waals surface area contributed by atoms with Gasteiger partial charge in [-0.3, -0.25) is 0 Å². The molecule has 190 valence electrons. The van der Waals surface area contributed by atoms with Crippen LogP contribution in [0.2, 0.25) is 0 Å². The van der Waals surface area contributed by atoms with Crippen molar-refractivity contribution in [1.29, 1.82) is 0 Å². The molecule has 0 saturated heterocycles. The molecule has 0 saturated carbocycles. The second-order valence-electron chi connectivity index (χ2n) is 11.7. The van der Waals surface area contributed by atoms with E-state index in [1.165, 1.54) is 44.9 Å². The first-order valence-electron chi connectivity index (χ1n) is 13.5. The second-order valence-corrected chi connectivity index (χ2v) is 11.7. The van der Waals surface area contributed by atoms with E-state index in [9.17, 15) is 5.11 Å². The molecule has 1 heterocycles. The average molecular weight is 461 g/mol. The average Bonchev–Trinajstić information content (AvgIpc) is 2.75. The van der Waals surface area contributed by atoms with Crippen molar-refractivity contribution < 1.29 is 14.6 Å². The van der Waals surface area contributed by atoms with Crippen LogP contribution in [0.4, 0.5) is 0 Å². The van der Waals surface area contributed by atoms with Crippen LogP contribution >= 0.6 is 0 Å². The maximum Gasteiger partial charge on any atom is 0.133 e. The highest BCUT2D eigenvalue weighted by Gasteiger charge is 2.42. The zero-order valence-corrected chi connectivity index (χ0v) is 23.1. The molecule has 2 rings (SSSR count). The molecule has 1 aromatic carbocycles. The van der Waals surface area contributed by atoms with Gasteiger partial charge in [-0.15, -0.1) is 0 Å². The molecule has 0 aromatic heterocycles. The number of benzene rings is 1. The molecule has 0 aliphatic carbocycles. The summed E-state index contributed by atoms with van der Waals surface area (Å²) in [5.41, 5.74) is 3.70. The fourth-order valence-electron chi connectivity index (χ4n) is 5.58. The first-order chi connectivity index (χ1) is 15.5. The Bertz CT molecular complexity index is 754. The lowest BCUT2D eigenvalue weighted by atomic mass is 9.81. The van der Waals surface area contributed by atoms with Crippen LogP contribution in [-0.2, 0) is 11.2 Å². The number of hydrogen-bond acceptors (Lipinski definition) is 3. The van der Waals surface area contributed by atoms with Crippen molar-refractivity contribution in [3.63, 3.8) is 0 Å². The lowest BCUT2D eigenvalue weighted by Crippen LogP contribution is -2.50. The number of fused-ring (bicyclic) bond motifs is 1. The van der Waals surface area contributed by atoms with Crippen molar-refractivity contribution >= 4 is 0 Å². The van der Waals surface area contributed by atoms with Crippen LogP contribution in [0.5, 0.6) is 11.5 Å². The van der Waals surface area contributed by atoms with Gasteiger partial charge in [-0.2, -0.15) is 0 Å². The molecule has 1 unspecified atom stereocenters. The topological polar surface area (TPSA) is 38.7 Å². The summed E-state index contributed by atoms with van der Waals surface area (Å²) in [6, 6.07) is 0. The van der Waals surface area contributed by atoms with Gasteiger partial charge in [0.15, 0.2) is 0 Å². The van der Waals surface area contributed by atoms with Crippen LogP contribution < -0.4 is 4.74 Å². The molecule has 1 N–H and O–H groups in total. The van der Waals surface area contributed by atoms with Crippen LogP contribution in [0, 0.1) is 38.5 Å². The van der Waals surface area contributed by atoms with Gasteiger partial charge in [-0.1, -0.05) is 72.6 Å². The molecule has 4 atom stereocenters. The first kappa shape index (κ1) is 28.0. The Labute approximate surface area is 204 Å². The van der Waals surface area contributed by atoms with Gasteiger partial charge in [-0.25, -0.2) is 0 Å². The predicted molar refractivity (Wildman–Crippen MR) is 141 cm³/mol. The third kappa shape index (κ3) is 7.38. The molecule has 3 nitrogen and oxygen atoms in total. The third-order valence-electron chi connectivity index (χ3n) is 8.27. The molecule has 0 bridgehead atoms. The SMILES string of the molecule is COC1Cc2c(C)c(O)c(C)c(C)c2O[C@@]1(C)CCC[C@H](C)CCC[C@@H](C)CCCC(C)C. The maximum atomic E-state index is 10.5. The zero-order valence-electron chi connectivity index (χ0n) is 23.1. The Morgan fingerprint density at radius 3 is 1.97 bits per heavy atom. The van der Waals surface area contributed by atoms with Gasteiger partial charge >= 0.3 is 0 Å². The zero-order chi connectivity index (χ0) is 24.8. The summed E-state index contributed by atoms with van der Waals surface area (Å²) in [5.74, 6) is 3.83. The Balaban J connectivity index is 1.85. The van der Waals surface area contributed by atoms with E-state index in [0.717, 1.165) is 65.0 Å². The molecule has 0 amide bonds. The molecular formula is C30H52O3. The quantitative estimate of drug-likeness (QED) is 0.321. The van der Waals surface area contributed by atoms with Crippen molar-refractivity contribution in [2.75, 3.05) is 7.11 Å². The van der Waals surface area contributed by atoms with Crippen molar-refractivity contribution in [1.82, 2.24) is 0 Å². The van der Waals surface area contributed by atoms with Crippen molar-refractivity contribution in [2.45, 2.75) is 131 Å². The smallest absolute Gasteiger partial charge is 0.133 e. The highest BCUT2D eigenvalue weighted by Crippen LogP contribution is 2.45. The van der Waals surface area contributed by atoms with Crippen LogP contribution in [-0.4, -0.2) is 23.9 Å². The van der Waals surface area contributed by atoms with Crippen LogP contribution in [0.1, 0.15) is 115 Å².